The van der Waals surface area contributed by atoms with Gasteiger partial charge in [-0.2, -0.15) is 4.98 Å². The molecule has 0 aromatic carbocycles. The van der Waals surface area contributed by atoms with Crippen molar-refractivity contribution in [2.45, 2.75) is 32.5 Å². The summed E-state index contributed by atoms with van der Waals surface area (Å²) in [6.07, 6.45) is 1.78. The summed E-state index contributed by atoms with van der Waals surface area (Å²) in [5.41, 5.74) is 1.11. The van der Waals surface area contributed by atoms with Crippen LogP contribution in [0.3, 0.4) is 0 Å². The first-order chi connectivity index (χ1) is 11.2. The van der Waals surface area contributed by atoms with Crippen LogP contribution in [0.15, 0.2) is 10.7 Å². The molecule has 0 amide bonds. The number of morpholine rings is 1. The Balaban J connectivity index is 1.30. The Bertz CT molecular complexity index is 662. The SMILES string of the molecule is Cc1noc(C2CN(C3CN(Cc4ncc(C)[nH]4)C3)CCO2)n1. The van der Waals surface area contributed by atoms with Crippen LogP contribution in [-0.2, 0) is 11.3 Å². The van der Waals surface area contributed by atoms with E-state index in [2.05, 4.69) is 29.9 Å². The summed E-state index contributed by atoms with van der Waals surface area (Å²) in [4.78, 5) is 16.8. The van der Waals surface area contributed by atoms with E-state index in [-0.39, 0.29) is 6.10 Å². The van der Waals surface area contributed by atoms with Crippen molar-refractivity contribution in [3.63, 3.8) is 0 Å². The van der Waals surface area contributed by atoms with Gasteiger partial charge in [-0.25, -0.2) is 4.98 Å². The summed E-state index contributed by atoms with van der Waals surface area (Å²) in [7, 11) is 0. The van der Waals surface area contributed by atoms with Gasteiger partial charge in [-0.15, -0.1) is 0 Å². The first kappa shape index (κ1) is 14.8. The minimum atomic E-state index is -0.105. The summed E-state index contributed by atoms with van der Waals surface area (Å²) in [5, 5.41) is 3.85. The van der Waals surface area contributed by atoms with Gasteiger partial charge < -0.3 is 14.2 Å². The number of H-pyrrole nitrogens is 1. The number of ether oxygens (including phenoxy) is 1. The van der Waals surface area contributed by atoms with Crippen molar-refractivity contribution in [2.24, 2.45) is 0 Å². The molecular formula is C15H22N6O2. The number of imidazole rings is 1. The highest BCUT2D eigenvalue weighted by molar-refractivity contribution is 5.01. The molecule has 2 aromatic rings. The van der Waals surface area contributed by atoms with E-state index in [1.54, 1.807) is 0 Å². The molecule has 0 aliphatic carbocycles. The number of hydrogen-bond acceptors (Lipinski definition) is 7. The molecule has 0 saturated carbocycles. The Morgan fingerprint density at radius 2 is 2.17 bits per heavy atom. The van der Waals surface area contributed by atoms with E-state index in [1.165, 1.54) is 0 Å². The molecule has 2 saturated heterocycles. The molecular weight excluding hydrogens is 296 g/mol. The third-order valence-corrected chi connectivity index (χ3v) is 4.50. The van der Waals surface area contributed by atoms with Crippen LogP contribution >= 0.6 is 0 Å². The van der Waals surface area contributed by atoms with Gasteiger partial charge in [-0.05, 0) is 13.8 Å². The molecule has 1 N–H and O–H groups in total. The molecule has 2 aromatic heterocycles. The highest BCUT2D eigenvalue weighted by atomic mass is 16.5. The molecule has 8 heteroatoms. The fraction of sp³-hybridized carbons (Fsp3) is 0.667. The fourth-order valence-electron chi connectivity index (χ4n) is 3.26. The summed E-state index contributed by atoms with van der Waals surface area (Å²) in [6.45, 7) is 9.36. The molecule has 0 bridgehead atoms. The van der Waals surface area contributed by atoms with Gasteiger partial charge in [0.25, 0.3) is 5.89 Å². The molecule has 2 aliphatic heterocycles. The zero-order valence-corrected chi connectivity index (χ0v) is 13.5. The molecule has 2 fully saturated rings. The Morgan fingerprint density at radius 3 is 2.87 bits per heavy atom. The predicted molar refractivity (Wildman–Crippen MR) is 81.7 cm³/mol. The summed E-state index contributed by atoms with van der Waals surface area (Å²) in [6, 6.07) is 0.571. The second-order valence-electron chi connectivity index (χ2n) is 6.40. The van der Waals surface area contributed by atoms with E-state index >= 15 is 0 Å². The third kappa shape index (κ3) is 3.15. The summed E-state index contributed by atoms with van der Waals surface area (Å²) in [5.74, 6) is 2.29. The normalized spacial score (nSPS) is 24.0. The average Bonchev–Trinajstić information content (AvgIpc) is 3.11. The molecule has 4 heterocycles. The summed E-state index contributed by atoms with van der Waals surface area (Å²) >= 11 is 0. The lowest BCUT2D eigenvalue weighted by molar-refractivity contribution is -0.0846. The summed E-state index contributed by atoms with van der Waals surface area (Å²) < 4.78 is 11.0. The van der Waals surface area contributed by atoms with Crippen LogP contribution in [-0.4, -0.2) is 68.7 Å². The first-order valence-electron chi connectivity index (χ1n) is 8.06. The lowest BCUT2D eigenvalue weighted by Crippen LogP contribution is -2.61. The van der Waals surface area contributed by atoms with Crippen molar-refractivity contribution in [1.29, 1.82) is 0 Å². The lowest BCUT2D eigenvalue weighted by atomic mass is 10.1. The monoisotopic (exact) mass is 318 g/mol. The quantitative estimate of drug-likeness (QED) is 0.887. The zero-order valence-electron chi connectivity index (χ0n) is 13.5. The van der Waals surface area contributed by atoms with Gasteiger partial charge in [0, 0.05) is 44.1 Å². The van der Waals surface area contributed by atoms with Crippen molar-refractivity contribution < 1.29 is 9.26 Å². The number of aromatic nitrogens is 4. The third-order valence-electron chi connectivity index (χ3n) is 4.50. The number of aromatic amines is 1. The molecule has 124 valence electrons. The Hall–Kier alpha value is -1.77. The topological polar surface area (TPSA) is 83.3 Å². The van der Waals surface area contributed by atoms with Crippen LogP contribution in [0.2, 0.25) is 0 Å². The number of aryl methyl sites for hydroxylation is 2. The molecule has 4 rings (SSSR count). The van der Waals surface area contributed by atoms with E-state index in [9.17, 15) is 0 Å². The molecule has 1 unspecified atom stereocenters. The standard InChI is InChI=1S/C15H22N6O2/c1-10-5-16-14(17-10)9-20-6-12(7-20)21-3-4-22-13(8-21)15-18-11(2)19-23-15/h5,12-13H,3-4,6-9H2,1-2H3,(H,16,17). The van der Waals surface area contributed by atoms with Crippen molar-refractivity contribution in [3.05, 3.63) is 29.4 Å². The van der Waals surface area contributed by atoms with E-state index in [0.717, 1.165) is 44.2 Å². The first-order valence-corrected chi connectivity index (χ1v) is 8.06. The van der Waals surface area contributed by atoms with Crippen LogP contribution in [0.5, 0.6) is 0 Å². The Kier molecular flexibility index (Phi) is 3.88. The smallest absolute Gasteiger partial charge is 0.257 e. The van der Waals surface area contributed by atoms with E-state index < -0.39 is 0 Å². The number of nitrogens with zero attached hydrogens (tertiary/aromatic N) is 5. The molecule has 1 atom stereocenters. The number of rotatable bonds is 4. The van der Waals surface area contributed by atoms with Crippen molar-refractivity contribution >= 4 is 0 Å². The highest BCUT2D eigenvalue weighted by Crippen LogP contribution is 2.25. The molecule has 0 radical (unpaired) electrons. The van der Waals surface area contributed by atoms with Gasteiger partial charge in [0.2, 0.25) is 0 Å². The largest absolute Gasteiger partial charge is 0.366 e. The molecule has 0 spiro atoms. The maximum absolute atomic E-state index is 5.79. The van der Waals surface area contributed by atoms with Crippen LogP contribution in [0.25, 0.3) is 0 Å². The molecule has 2 aliphatic rings. The van der Waals surface area contributed by atoms with Crippen LogP contribution in [0.1, 0.15) is 29.3 Å². The fourth-order valence-corrected chi connectivity index (χ4v) is 3.26. The zero-order chi connectivity index (χ0) is 15.8. The highest BCUT2D eigenvalue weighted by Gasteiger charge is 2.36. The van der Waals surface area contributed by atoms with E-state index in [0.29, 0.717) is 24.4 Å². The van der Waals surface area contributed by atoms with Crippen molar-refractivity contribution in [3.8, 4) is 0 Å². The second kappa shape index (κ2) is 6.03. The number of hydrogen-bond donors (Lipinski definition) is 1. The van der Waals surface area contributed by atoms with Crippen molar-refractivity contribution in [2.75, 3.05) is 32.8 Å². The molecule has 8 nitrogen and oxygen atoms in total. The van der Waals surface area contributed by atoms with Gasteiger partial charge in [0.05, 0.1) is 13.2 Å². The van der Waals surface area contributed by atoms with Gasteiger partial charge in [-0.3, -0.25) is 9.80 Å². The average molecular weight is 318 g/mol. The predicted octanol–water partition coefficient (Wildman–Crippen LogP) is 0.667. The van der Waals surface area contributed by atoms with E-state index in [1.807, 2.05) is 20.0 Å². The Morgan fingerprint density at radius 1 is 1.30 bits per heavy atom. The second-order valence-corrected chi connectivity index (χ2v) is 6.40. The van der Waals surface area contributed by atoms with Crippen LogP contribution in [0, 0.1) is 13.8 Å². The maximum Gasteiger partial charge on any atom is 0.257 e. The Labute approximate surface area is 134 Å². The van der Waals surface area contributed by atoms with Crippen LogP contribution < -0.4 is 0 Å². The van der Waals surface area contributed by atoms with Gasteiger partial charge in [0.1, 0.15) is 11.9 Å². The van der Waals surface area contributed by atoms with Gasteiger partial charge >= 0.3 is 0 Å². The van der Waals surface area contributed by atoms with E-state index in [4.69, 9.17) is 9.26 Å². The van der Waals surface area contributed by atoms with Gasteiger partial charge in [-0.1, -0.05) is 5.16 Å². The van der Waals surface area contributed by atoms with Crippen molar-refractivity contribution in [1.82, 2.24) is 29.9 Å². The number of likely N-dealkylation sites (tertiary alicyclic amines) is 1. The number of nitrogens with one attached hydrogen (secondary N) is 1. The maximum atomic E-state index is 5.79. The van der Waals surface area contributed by atoms with Gasteiger partial charge in [0.15, 0.2) is 5.82 Å². The lowest BCUT2D eigenvalue weighted by Gasteiger charge is -2.47. The minimum Gasteiger partial charge on any atom is -0.366 e. The molecule has 23 heavy (non-hydrogen) atoms. The van der Waals surface area contributed by atoms with Crippen LogP contribution in [0.4, 0.5) is 0 Å². The minimum absolute atomic E-state index is 0.105.